The summed E-state index contributed by atoms with van der Waals surface area (Å²) in [6.45, 7) is 1.86. The van der Waals surface area contributed by atoms with Gasteiger partial charge in [0.1, 0.15) is 0 Å². The maximum Gasteiger partial charge on any atom is 0.313 e. The summed E-state index contributed by atoms with van der Waals surface area (Å²) in [6, 6.07) is 7.20. The Balaban J connectivity index is 2.49. The van der Waals surface area contributed by atoms with Crippen LogP contribution in [0.25, 0.3) is 5.69 Å². The van der Waals surface area contributed by atoms with Crippen LogP contribution in [0.1, 0.15) is 11.1 Å². The van der Waals surface area contributed by atoms with E-state index in [4.69, 9.17) is 16.1 Å². The number of carbonyl (C=O) groups is 1. The highest BCUT2D eigenvalue weighted by Crippen LogP contribution is 2.25. The van der Waals surface area contributed by atoms with E-state index in [2.05, 4.69) is 10.2 Å². The first-order valence-electron chi connectivity index (χ1n) is 5.59. The summed E-state index contributed by atoms with van der Waals surface area (Å²) in [5, 5.41) is 25.7. The van der Waals surface area contributed by atoms with Crippen molar-refractivity contribution in [2.75, 3.05) is 11.5 Å². The molecule has 0 radical (unpaired) electrons. The third-order valence-corrected chi connectivity index (χ3v) is 3.48. The smallest absolute Gasteiger partial charge is 0.313 e. The Hall–Kier alpha value is -2.53. The molecular weight excluding hydrogens is 278 g/mol. The Labute approximate surface area is 119 Å². The quantitative estimate of drug-likeness (QED) is 0.812. The number of carboxylic acids is 1. The number of nitriles is 1. The van der Waals surface area contributed by atoms with E-state index in [9.17, 15) is 4.79 Å². The molecule has 0 saturated carbocycles. The first-order valence-corrected chi connectivity index (χ1v) is 6.58. The number of benzene rings is 1. The third kappa shape index (κ3) is 2.73. The number of nitrogen functional groups attached to an aromatic ring is 1. The van der Waals surface area contributed by atoms with Crippen LogP contribution >= 0.6 is 11.8 Å². The number of hydrogen-bond donors (Lipinski definition) is 2. The SMILES string of the molecule is Cc1ccc(C#N)cc1-n1c(N)nnc1SCC(=O)O. The molecule has 0 aliphatic carbocycles. The summed E-state index contributed by atoms with van der Waals surface area (Å²) in [4.78, 5) is 10.6. The number of aromatic nitrogens is 3. The summed E-state index contributed by atoms with van der Waals surface area (Å²) < 4.78 is 1.55. The normalized spacial score (nSPS) is 10.2. The molecule has 0 unspecified atom stereocenters. The van der Waals surface area contributed by atoms with Crippen LogP contribution in [-0.4, -0.2) is 31.6 Å². The van der Waals surface area contributed by atoms with Gasteiger partial charge in [-0.2, -0.15) is 5.26 Å². The van der Waals surface area contributed by atoms with E-state index in [-0.39, 0.29) is 11.7 Å². The molecule has 0 spiro atoms. The van der Waals surface area contributed by atoms with E-state index >= 15 is 0 Å². The monoisotopic (exact) mass is 289 g/mol. The number of rotatable bonds is 4. The molecule has 3 N–H and O–H groups in total. The highest BCUT2D eigenvalue weighted by atomic mass is 32.2. The molecule has 102 valence electrons. The Kier molecular flexibility index (Phi) is 3.91. The zero-order valence-electron chi connectivity index (χ0n) is 10.6. The lowest BCUT2D eigenvalue weighted by Crippen LogP contribution is -2.06. The van der Waals surface area contributed by atoms with Gasteiger partial charge in [-0.1, -0.05) is 17.8 Å². The molecule has 0 saturated heterocycles. The minimum atomic E-state index is -0.953. The lowest BCUT2D eigenvalue weighted by molar-refractivity contribution is -0.133. The van der Waals surface area contributed by atoms with Crippen LogP contribution in [0.5, 0.6) is 0 Å². The minimum Gasteiger partial charge on any atom is -0.481 e. The lowest BCUT2D eigenvalue weighted by Gasteiger charge is -2.10. The molecule has 0 atom stereocenters. The standard InChI is InChI=1S/C12H11N5O2S/c1-7-2-3-8(5-13)4-9(7)17-11(14)15-16-12(17)20-6-10(18)19/h2-4H,6H2,1H3,(H2,14,15)(H,18,19). The number of nitrogens with zero attached hydrogens (tertiary/aromatic N) is 4. The second-order valence-corrected chi connectivity index (χ2v) is 4.91. The van der Waals surface area contributed by atoms with E-state index in [1.807, 2.05) is 13.0 Å². The van der Waals surface area contributed by atoms with Crippen LogP contribution < -0.4 is 5.73 Å². The molecule has 2 aromatic rings. The van der Waals surface area contributed by atoms with Gasteiger partial charge in [0.15, 0.2) is 5.16 Å². The summed E-state index contributed by atoms with van der Waals surface area (Å²) in [6.07, 6.45) is 0. The van der Waals surface area contributed by atoms with Gasteiger partial charge in [0.05, 0.1) is 23.1 Å². The molecule has 0 aliphatic heterocycles. The number of thioether (sulfide) groups is 1. The van der Waals surface area contributed by atoms with Gasteiger partial charge in [0.2, 0.25) is 5.95 Å². The van der Waals surface area contributed by atoms with E-state index in [0.29, 0.717) is 16.4 Å². The Bertz CT molecular complexity index is 704. The van der Waals surface area contributed by atoms with Crippen molar-refractivity contribution in [3.05, 3.63) is 29.3 Å². The number of aliphatic carboxylic acids is 1. The summed E-state index contributed by atoms with van der Waals surface area (Å²) >= 11 is 1.02. The van der Waals surface area contributed by atoms with E-state index in [0.717, 1.165) is 17.3 Å². The first kappa shape index (κ1) is 13.9. The highest BCUT2D eigenvalue weighted by Gasteiger charge is 2.15. The topological polar surface area (TPSA) is 118 Å². The summed E-state index contributed by atoms with van der Waals surface area (Å²) in [5.74, 6) is -0.948. The van der Waals surface area contributed by atoms with Crippen molar-refractivity contribution in [1.82, 2.24) is 14.8 Å². The van der Waals surface area contributed by atoms with Crippen LogP contribution in [0.4, 0.5) is 5.95 Å². The first-order chi connectivity index (χ1) is 9.52. The van der Waals surface area contributed by atoms with Crippen molar-refractivity contribution in [2.24, 2.45) is 0 Å². The largest absolute Gasteiger partial charge is 0.481 e. The van der Waals surface area contributed by atoms with Crippen LogP contribution in [-0.2, 0) is 4.79 Å². The van der Waals surface area contributed by atoms with Gasteiger partial charge in [0, 0.05) is 0 Å². The zero-order valence-corrected chi connectivity index (χ0v) is 11.4. The van der Waals surface area contributed by atoms with Gasteiger partial charge >= 0.3 is 5.97 Å². The number of anilines is 1. The summed E-state index contributed by atoms with van der Waals surface area (Å²) in [7, 11) is 0. The van der Waals surface area contributed by atoms with Crippen molar-refractivity contribution < 1.29 is 9.90 Å². The van der Waals surface area contributed by atoms with E-state index in [1.54, 1.807) is 22.8 Å². The van der Waals surface area contributed by atoms with Gasteiger partial charge in [-0.15, -0.1) is 10.2 Å². The number of nitrogens with two attached hydrogens (primary N) is 1. The predicted molar refractivity (Wildman–Crippen MR) is 73.6 cm³/mol. The molecule has 1 heterocycles. The molecule has 0 bridgehead atoms. The number of carboxylic acid groups (broad SMARTS) is 1. The fourth-order valence-electron chi connectivity index (χ4n) is 1.65. The van der Waals surface area contributed by atoms with Crippen molar-refractivity contribution >= 4 is 23.7 Å². The van der Waals surface area contributed by atoms with Crippen LogP contribution in [0.15, 0.2) is 23.4 Å². The molecule has 1 aromatic heterocycles. The van der Waals surface area contributed by atoms with Crippen LogP contribution in [0.2, 0.25) is 0 Å². The molecule has 2 rings (SSSR count). The molecule has 0 fully saturated rings. The van der Waals surface area contributed by atoms with Gasteiger partial charge < -0.3 is 10.8 Å². The Morgan fingerprint density at radius 2 is 2.30 bits per heavy atom. The molecule has 8 heteroatoms. The number of aryl methyl sites for hydroxylation is 1. The van der Waals surface area contributed by atoms with Gasteiger partial charge in [0.25, 0.3) is 0 Å². The Morgan fingerprint density at radius 1 is 1.55 bits per heavy atom. The van der Waals surface area contributed by atoms with Crippen LogP contribution in [0.3, 0.4) is 0 Å². The van der Waals surface area contributed by atoms with Gasteiger partial charge in [-0.3, -0.25) is 9.36 Å². The average molecular weight is 289 g/mol. The van der Waals surface area contributed by atoms with Crippen molar-refractivity contribution in [3.8, 4) is 11.8 Å². The predicted octanol–water partition coefficient (Wildman–Crippen LogP) is 1.21. The second kappa shape index (κ2) is 5.63. The molecule has 1 aromatic carbocycles. The van der Waals surface area contributed by atoms with Gasteiger partial charge in [-0.05, 0) is 24.6 Å². The van der Waals surface area contributed by atoms with Crippen molar-refractivity contribution in [1.29, 1.82) is 5.26 Å². The Morgan fingerprint density at radius 3 is 2.95 bits per heavy atom. The molecular formula is C12H11N5O2S. The minimum absolute atomic E-state index is 0.144. The lowest BCUT2D eigenvalue weighted by atomic mass is 10.1. The van der Waals surface area contributed by atoms with Crippen LogP contribution in [0, 0.1) is 18.3 Å². The summed E-state index contributed by atoms with van der Waals surface area (Å²) in [5.41, 5.74) is 7.81. The van der Waals surface area contributed by atoms with Crippen molar-refractivity contribution in [2.45, 2.75) is 12.1 Å². The maximum atomic E-state index is 10.6. The molecule has 7 nitrogen and oxygen atoms in total. The average Bonchev–Trinajstić information content (AvgIpc) is 2.78. The van der Waals surface area contributed by atoms with E-state index in [1.165, 1.54) is 0 Å². The maximum absolute atomic E-state index is 10.6. The third-order valence-electron chi connectivity index (χ3n) is 2.56. The zero-order chi connectivity index (χ0) is 14.7. The van der Waals surface area contributed by atoms with Gasteiger partial charge in [-0.25, -0.2) is 0 Å². The number of hydrogen-bond acceptors (Lipinski definition) is 6. The molecule has 20 heavy (non-hydrogen) atoms. The molecule has 0 aliphatic rings. The fourth-order valence-corrected chi connectivity index (χ4v) is 2.32. The fraction of sp³-hybridized carbons (Fsp3) is 0.167. The highest BCUT2D eigenvalue weighted by molar-refractivity contribution is 7.99. The second-order valence-electron chi connectivity index (χ2n) is 3.97. The van der Waals surface area contributed by atoms with E-state index < -0.39 is 5.97 Å². The van der Waals surface area contributed by atoms with Crippen molar-refractivity contribution in [3.63, 3.8) is 0 Å². The molecule has 0 amide bonds.